The highest BCUT2D eigenvalue weighted by molar-refractivity contribution is 6.03. The van der Waals surface area contributed by atoms with Crippen LogP contribution in [0.15, 0.2) is 24.3 Å². The minimum atomic E-state index is -0.161. The molecule has 0 unspecified atom stereocenters. The van der Waals surface area contributed by atoms with Crippen LogP contribution in [0.3, 0.4) is 0 Å². The van der Waals surface area contributed by atoms with E-state index >= 15 is 0 Å². The molecule has 0 saturated heterocycles. The Morgan fingerprint density at radius 1 is 1.19 bits per heavy atom. The van der Waals surface area contributed by atoms with Crippen LogP contribution in [0.1, 0.15) is 37.6 Å². The monoisotopic (exact) mass is 291 g/mol. The van der Waals surface area contributed by atoms with E-state index in [9.17, 15) is 9.59 Å². The van der Waals surface area contributed by atoms with Crippen LogP contribution in [-0.2, 0) is 4.79 Å². The summed E-state index contributed by atoms with van der Waals surface area (Å²) in [6, 6.07) is 7.06. The molecular weight excluding hydrogens is 266 g/mol. The zero-order valence-corrected chi connectivity index (χ0v) is 13.0. The minimum absolute atomic E-state index is 0.0972. The number of hydrogen-bond acceptors (Lipinski definition) is 3. The zero-order chi connectivity index (χ0) is 15.7. The Kier molecular flexibility index (Phi) is 7.46. The molecule has 2 amide bonds. The van der Waals surface area contributed by atoms with Gasteiger partial charge in [0.1, 0.15) is 0 Å². The van der Waals surface area contributed by atoms with Gasteiger partial charge in [-0.3, -0.25) is 9.59 Å². The predicted molar refractivity (Wildman–Crippen MR) is 85.4 cm³/mol. The standard InChI is InChI=1S/C16H25N3O2/c1-4-17-10-9-15(20)19-14-8-6-5-7-13(14)16(21)18-11-12(2)3/h5-8,12,17H,4,9-11H2,1-3H3,(H,18,21)(H,19,20). The summed E-state index contributed by atoms with van der Waals surface area (Å²) in [5.41, 5.74) is 1.05. The number of benzene rings is 1. The fourth-order valence-electron chi connectivity index (χ4n) is 1.77. The summed E-state index contributed by atoms with van der Waals surface area (Å²) in [6.45, 7) is 8.14. The maximum absolute atomic E-state index is 12.1. The van der Waals surface area contributed by atoms with Gasteiger partial charge >= 0.3 is 0 Å². The van der Waals surface area contributed by atoms with E-state index in [0.717, 1.165) is 6.54 Å². The van der Waals surface area contributed by atoms with E-state index in [1.807, 2.05) is 20.8 Å². The van der Waals surface area contributed by atoms with Gasteiger partial charge < -0.3 is 16.0 Å². The van der Waals surface area contributed by atoms with Crippen molar-refractivity contribution >= 4 is 17.5 Å². The fraction of sp³-hybridized carbons (Fsp3) is 0.500. The quantitative estimate of drug-likeness (QED) is 0.642. The van der Waals surface area contributed by atoms with E-state index in [2.05, 4.69) is 16.0 Å². The molecule has 1 aromatic rings. The Morgan fingerprint density at radius 2 is 1.90 bits per heavy atom. The first-order valence-electron chi connectivity index (χ1n) is 7.42. The van der Waals surface area contributed by atoms with Crippen molar-refractivity contribution in [1.82, 2.24) is 10.6 Å². The molecule has 0 atom stereocenters. The fourth-order valence-corrected chi connectivity index (χ4v) is 1.77. The molecule has 0 aliphatic carbocycles. The van der Waals surface area contributed by atoms with Crippen LogP contribution in [0.2, 0.25) is 0 Å². The van der Waals surface area contributed by atoms with Gasteiger partial charge in [-0.25, -0.2) is 0 Å². The van der Waals surface area contributed by atoms with E-state index in [1.165, 1.54) is 0 Å². The average Bonchev–Trinajstić information content (AvgIpc) is 2.45. The molecule has 1 rings (SSSR count). The normalized spacial score (nSPS) is 10.5. The van der Waals surface area contributed by atoms with Crippen molar-refractivity contribution in [2.24, 2.45) is 5.92 Å². The van der Waals surface area contributed by atoms with Crippen LogP contribution in [0.4, 0.5) is 5.69 Å². The second-order valence-electron chi connectivity index (χ2n) is 5.30. The predicted octanol–water partition coefficient (Wildman–Crippen LogP) is 2.01. The summed E-state index contributed by atoms with van der Waals surface area (Å²) in [4.78, 5) is 24.0. The molecule has 116 valence electrons. The highest BCUT2D eigenvalue weighted by atomic mass is 16.2. The molecule has 0 bridgehead atoms. The molecule has 21 heavy (non-hydrogen) atoms. The van der Waals surface area contributed by atoms with Crippen molar-refractivity contribution in [2.45, 2.75) is 27.2 Å². The van der Waals surface area contributed by atoms with Gasteiger partial charge in [0.25, 0.3) is 5.91 Å². The maximum Gasteiger partial charge on any atom is 0.253 e. The lowest BCUT2D eigenvalue weighted by Gasteiger charge is -2.12. The first-order chi connectivity index (χ1) is 10.0. The second-order valence-corrected chi connectivity index (χ2v) is 5.30. The minimum Gasteiger partial charge on any atom is -0.352 e. The number of nitrogens with one attached hydrogen (secondary N) is 3. The molecule has 0 aliphatic rings. The van der Waals surface area contributed by atoms with Crippen molar-refractivity contribution in [3.05, 3.63) is 29.8 Å². The third-order valence-electron chi connectivity index (χ3n) is 2.90. The summed E-state index contributed by atoms with van der Waals surface area (Å²) in [7, 11) is 0. The van der Waals surface area contributed by atoms with Crippen LogP contribution in [-0.4, -0.2) is 31.4 Å². The number of hydrogen-bond donors (Lipinski definition) is 3. The zero-order valence-electron chi connectivity index (χ0n) is 13.0. The lowest BCUT2D eigenvalue weighted by Crippen LogP contribution is -2.28. The molecule has 0 aromatic heterocycles. The molecule has 1 aromatic carbocycles. The van der Waals surface area contributed by atoms with E-state index in [1.54, 1.807) is 24.3 Å². The summed E-state index contributed by atoms with van der Waals surface area (Å²) in [5.74, 6) is 0.127. The molecule has 5 nitrogen and oxygen atoms in total. The van der Waals surface area contributed by atoms with Crippen molar-refractivity contribution in [1.29, 1.82) is 0 Å². The lowest BCUT2D eigenvalue weighted by molar-refractivity contribution is -0.116. The third-order valence-corrected chi connectivity index (χ3v) is 2.90. The molecule has 0 saturated carbocycles. The van der Waals surface area contributed by atoms with Crippen molar-refractivity contribution < 1.29 is 9.59 Å². The summed E-state index contributed by atoms with van der Waals surface area (Å²) < 4.78 is 0. The van der Waals surface area contributed by atoms with E-state index in [4.69, 9.17) is 0 Å². The smallest absolute Gasteiger partial charge is 0.253 e. The van der Waals surface area contributed by atoms with Crippen LogP contribution >= 0.6 is 0 Å². The van der Waals surface area contributed by atoms with Crippen molar-refractivity contribution in [3.8, 4) is 0 Å². The van der Waals surface area contributed by atoms with Crippen LogP contribution in [0.25, 0.3) is 0 Å². The highest BCUT2D eigenvalue weighted by Gasteiger charge is 2.12. The summed E-state index contributed by atoms with van der Waals surface area (Å²) in [5, 5.41) is 8.75. The molecule has 0 fully saturated rings. The van der Waals surface area contributed by atoms with Gasteiger partial charge in [-0.15, -0.1) is 0 Å². The third kappa shape index (κ3) is 6.40. The molecule has 0 radical (unpaired) electrons. The van der Waals surface area contributed by atoms with Gasteiger partial charge in [-0.1, -0.05) is 32.9 Å². The Hall–Kier alpha value is -1.88. The van der Waals surface area contributed by atoms with E-state index in [0.29, 0.717) is 36.7 Å². The Bertz CT molecular complexity index is 472. The van der Waals surface area contributed by atoms with E-state index in [-0.39, 0.29) is 11.8 Å². The van der Waals surface area contributed by atoms with Crippen molar-refractivity contribution in [2.75, 3.05) is 25.0 Å². The van der Waals surface area contributed by atoms with Gasteiger partial charge in [0, 0.05) is 19.5 Å². The molecular formula is C16H25N3O2. The Balaban J connectivity index is 2.66. The van der Waals surface area contributed by atoms with Gasteiger partial charge in [0.2, 0.25) is 5.91 Å². The second kappa shape index (κ2) is 9.13. The van der Waals surface area contributed by atoms with Gasteiger partial charge in [-0.05, 0) is 24.6 Å². The van der Waals surface area contributed by atoms with E-state index < -0.39 is 0 Å². The Morgan fingerprint density at radius 3 is 2.57 bits per heavy atom. The number of anilines is 1. The van der Waals surface area contributed by atoms with Crippen LogP contribution < -0.4 is 16.0 Å². The Labute approximate surface area is 126 Å². The first-order valence-corrected chi connectivity index (χ1v) is 7.42. The number of para-hydroxylation sites is 1. The SMILES string of the molecule is CCNCCC(=O)Nc1ccccc1C(=O)NCC(C)C. The molecule has 0 spiro atoms. The number of rotatable bonds is 8. The van der Waals surface area contributed by atoms with Crippen LogP contribution in [0.5, 0.6) is 0 Å². The number of carbonyl (C=O) groups excluding carboxylic acids is 2. The molecule has 3 N–H and O–H groups in total. The summed E-state index contributed by atoms with van der Waals surface area (Å²) in [6.07, 6.45) is 0.385. The number of amides is 2. The molecule has 0 aliphatic heterocycles. The lowest BCUT2D eigenvalue weighted by atomic mass is 10.1. The number of carbonyl (C=O) groups is 2. The summed E-state index contributed by atoms with van der Waals surface area (Å²) >= 11 is 0. The topological polar surface area (TPSA) is 70.2 Å². The molecule has 5 heteroatoms. The average molecular weight is 291 g/mol. The first kappa shape index (κ1) is 17.2. The molecule has 0 heterocycles. The van der Waals surface area contributed by atoms with Gasteiger partial charge in [-0.2, -0.15) is 0 Å². The van der Waals surface area contributed by atoms with Crippen molar-refractivity contribution in [3.63, 3.8) is 0 Å². The van der Waals surface area contributed by atoms with Gasteiger partial charge in [0.15, 0.2) is 0 Å². The van der Waals surface area contributed by atoms with Gasteiger partial charge in [0.05, 0.1) is 11.3 Å². The highest BCUT2D eigenvalue weighted by Crippen LogP contribution is 2.15. The van der Waals surface area contributed by atoms with Crippen LogP contribution in [0, 0.1) is 5.92 Å². The maximum atomic E-state index is 12.1. The largest absolute Gasteiger partial charge is 0.352 e.